The third-order valence-electron chi connectivity index (χ3n) is 3.61. The highest BCUT2D eigenvalue weighted by molar-refractivity contribution is 5.95. The van der Waals surface area contributed by atoms with Crippen molar-refractivity contribution in [3.8, 4) is 0 Å². The summed E-state index contributed by atoms with van der Waals surface area (Å²) in [7, 11) is 8.19. The molecular formula is C17H19ClN3-. The first-order valence-electron chi connectivity index (χ1n) is 6.74. The lowest BCUT2D eigenvalue weighted by molar-refractivity contribution is -0.00000415. The molecule has 0 atom stereocenters. The van der Waals surface area contributed by atoms with E-state index in [9.17, 15) is 0 Å². The van der Waals surface area contributed by atoms with Crippen molar-refractivity contribution < 1.29 is 12.4 Å². The fraction of sp³-hybridized carbons (Fsp3) is 0.235. The highest BCUT2D eigenvalue weighted by atomic mass is 35.5. The number of fused-ring (bicyclic) bond motifs is 2. The first-order valence-corrected chi connectivity index (χ1v) is 6.74. The van der Waals surface area contributed by atoms with Crippen LogP contribution in [0.25, 0.3) is 21.8 Å². The van der Waals surface area contributed by atoms with Gasteiger partial charge in [0.05, 0.1) is 11.0 Å². The Morgan fingerprint density at radius 2 is 1.10 bits per heavy atom. The number of hydrogen-bond acceptors (Lipinski definition) is 3. The Balaban J connectivity index is 0.00000161. The molecule has 0 fully saturated rings. The largest absolute Gasteiger partial charge is 1.00 e. The van der Waals surface area contributed by atoms with E-state index in [0.29, 0.717) is 0 Å². The van der Waals surface area contributed by atoms with Gasteiger partial charge in [0.1, 0.15) is 0 Å². The van der Waals surface area contributed by atoms with Gasteiger partial charge in [0, 0.05) is 50.3 Å². The highest BCUT2D eigenvalue weighted by Gasteiger charge is 2.04. The average molecular weight is 301 g/mol. The number of anilines is 2. The molecule has 0 saturated carbocycles. The third-order valence-corrected chi connectivity index (χ3v) is 3.61. The quantitative estimate of drug-likeness (QED) is 0.644. The minimum Gasteiger partial charge on any atom is -1.00 e. The zero-order valence-corrected chi connectivity index (χ0v) is 13.5. The molecule has 0 N–H and O–H groups in total. The van der Waals surface area contributed by atoms with E-state index < -0.39 is 0 Å². The molecule has 3 rings (SSSR count). The van der Waals surface area contributed by atoms with Crippen LogP contribution in [-0.4, -0.2) is 33.2 Å². The summed E-state index contributed by atoms with van der Waals surface area (Å²) in [6.07, 6.45) is 0. The van der Waals surface area contributed by atoms with Gasteiger partial charge in [-0.1, -0.05) is 12.1 Å². The summed E-state index contributed by atoms with van der Waals surface area (Å²) in [5, 5.41) is 2.36. The van der Waals surface area contributed by atoms with Gasteiger partial charge in [-0.05, 0) is 30.3 Å². The molecule has 3 aromatic rings. The minimum atomic E-state index is 0. The van der Waals surface area contributed by atoms with Gasteiger partial charge in [-0.2, -0.15) is 0 Å². The summed E-state index contributed by atoms with van der Waals surface area (Å²) in [6, 6.07) is 15.0. The molecule has 0 saturated heterocycles. The van der Waals surface area contributed by atoms with Crippen molar-refractivity contribution in [3.63, 3.8) is 0 Å². The lowest BCUT2D eigenvalue weighted by atomic mass is 10.1. The number of aromatic nitrogens is 1. The van der Waals surface area contributed by atoms with Gasteiger partial charge < -0.3 is 22.2 Å². The maximum absolute atomic E-state index is 4.81. The first kappa shape index (κ1) is 15.4. The van der Waals surface area contributed by atoms with E-state index >= 15 is 0 Å². The van der Waals surface area contributed by atoms with Gasteiger partial charge in [-0.3, -0.25) is 0 Å². The van der Waals surface area contributed by atoms with Gasteiger partial charge in [0.25, 0.3) is 0 Å². The summed E-state index contributed by atoms with van der Waals surface area (Å²) in [4.78, 5) is 9.01. The molecular weight excluding hydrogens is 282 g/mol. The number of pyridine rings is 1. The van der Waals surface area contributed by atoms with Crippen LogP contribution in [0.5, 0.6) is 0 Å². The molecule has 0 aliphatic heterocycles. The molecule has 1 aromatic heterocycles. The molecule has 0 spiro atoms. The van der Waals surface area contributed by atoms with Crippen LogP contribution < -0.4 is 22.2 Å². The predicted octanol–water partition coefficient (Wildman–Crippen LogP) is 0.524. The fourth-order valence-corrected chi connectivity index (χ4v) is 2.36. The molecule has 2 aromatic carbocycles. The number of halogens is 1. The Morgan fingerprint density at radius 3 is 1.48 bits per heavy atom. The van der Waals surface area contributed by atoms with Crippen molar-refractivity contribution in [2.24, 2.45) is 0 Å². The normalized spacial score (nSPS) is 10.5. The SMILES string of the molecule is CN(C)c1ccc2cc3ccc(N(C)C)cc3nc2c1.[Cl-]. The fourth-order valence-electron chi connectivity index (χ4n) is 2.36. The van der Waals surface area contributed by atoms with Gasteiger partial charge in [-0.25, -0.2) is 4.98 Å². The Kier molecular flexibility index (Phi) is 4.24. The Labute approximate surface area is 131 Å². The van der Waals surface area contributed by atoms with Crippen LogP contribution >= 0.6 is 0 Å². The summed E-state index contributed by atoms with van der Waals surface area (Å²) in [5.74, 6) is 0. The van der Waals surface area contributed by atoms with Gasteiger partial charge in [-0.15, -0.1) is 0 Å². The van der Waals surface area contributed by atoms with Gasteiger partial charge in [0.15, 0.2) is 0 Å². The lowest BCUT2D eigenvalue weighted by Crippen LogP contribution is -3.00. The van der Waals surface area contributed by atoms with Gasteiger partial charge in [0.2, 0.25) is 0 Å². The highest BCUT2D eigenvalue weighted by Crippen LogP contribution is 2.25. The number of rotatable bonds is 2. The standard InChI is InChI=1S/C17H19N3.ClH/c1-19(2)14-7-5-12-9-13-6-8-15(20(3)4)11-17(13)18-16(12)10-14;/h5-11H,1-4H3;1H/p-1. The molecule has 3 nitrogen and oxygen atoms in total. The number of nitrogens with zero attached hydrogens (tertiary/aromatic N) is 3. The average Bonchev–Trinajstić information content (AvgIpc) is 2.43. The van der Waals surface area contributed by atoms with E-state index in [4.69, 9.17) is 4.98 Å². The molecule has 0 bridgehead atoms. The first-order chi connectivity index (χ1) is 9.54. The molecule has 1 heterocycles. The van der Waals surface area contributed by atoms with Crippen molar-refractivity contribution in [1.82, 2.24) is 4.98 Å². The Hall–Kier alpha value is -2.00. The molecule has 4 heteroatoms. The van der Waals surface area contributed by atoms with Gasteiger partial charge >= 0.3 is 0 Å². The smallest absolute Gasteiger partial charge is 0.0730 e. The summed E-state index contributed by atoms with van der Waals surface area (Å²) in [6.45, 7) is 0. The van der Waals surface area contributed by atoms with Crippen LogP contribution in [0.4, 0.5) is 11.4 Å². The summed E-state index contributed by atoms with van der Waals surface area (Å²) in [5.41, 5.74) is 4.43. The molecule has 0 unspecified atom stereocenters. The molecule has 0 amide bonds. The second-order valence-electron chi connectivity index (χ2n) is 5.53. The predicted molar refractivity (Wildman–Crippen MR) is 87.9 cm³/mol. The zero-order chi connectivity index (χ0) is 14.3. The van der Waals surface area contributed by atoms with Crippen LogP contribution in [0.3, 0.4) is 0 Å². The second-order valence-corrected chi connectivity index (χ2v) is 5.53. The molecule has 0 radical (unpaired) electrons. The van der Waals surface area contributed by atoms with E-state index in [2.05, 4.69) is 52.3 Å². The van der Waals surface area contributed by atoms with Crippen LogP contribution in [0, 0.1) is 0 Å². The lowest BCUT2D eigenvalue weighted by Gasteiger charge is -2.14. The van der Waals surface area contributed by atoms with Crippen molar-refractivity contribution >= 4 is 33.2 Å². The van der Waals surface area contributed by atoms with E-state index in [0.717, 1.165) is 11.0 Å². The van der Waals surface area contributed by atoms with Crippen molar-refractivity contribution in [2.75, 3.05) is 38.0 Å². The van der Waals surface area contributed by atoms with Crippen LogP contribution in [0.2, 0.25) is 0 Å². The van der Waals surface area contributed by atoms with Crippen molar-refractivity contribution in [3.05, 3.63) is 42.5 Å². The third kappa shape index (κ3) is 2.88. The Morgan fingerprint density at radius 1 is 0.667 bits per heavy atom. The topological polar surface area (TPSA) is 19.4 Å². The Bertz CT molecular complexity index is 718. The molecule has 110 valence electrons. The van der Waals surface area contributed by atoms with Crippen LogP contribution in [0.1, 0.15) is 0 Å². The maximum atomic E-state index is 4.81. The van der Waals surface area contributed by atoms with Crippen LogP contribution in [-0.2, 0) is 0 Å². The zero-order valence-electron chi connectivity index (χ0n) is 12.8. The van der Waals surface area contributed by atoms with Crippen molar-refractivity contribution in [2.45, 2.75) is 0 Å². The number of hydrogen-bond donors (Lipinski definition) is 0. The van der Waals surface area contributed by atoms with Crippen molar-refractivity contribution in [1.29, 1.82) is 0 Å². The van der Waals surface area contributed by atoms with E-state index in [1.165, 1.54) is 22.1 Å². The number of benzene rings is 2. The monoisotopic (exact) mass is 300 g/mol. The summed E-state index contributed by atoms with van der Waals surface area (Å²) < 4.78 is 0. The van der Waals surface area contributed by atoms with E-state index in [1.54, 1.807) is 0 Å². The second kappa shape index (κ2) is 5.78. The minimum absolute atomic E-state index is 0. The maximum Gasteiger partial charge on any atom is 0.0730 e. The molecule has 0 aliphatic rings. The summed E-state index contributed by atoms with van der Waals surface area (Å²) >= 11 is 0. The van der Waals surface area contributed by atoms with E-state index in [-0.39, 0.29) is 12.4 Å². The molecule has 21 heavy (non-hydrogen) atoms. The van der Waals surface area contributed by atoms with Crippen LogP contribution in [0.15, 0.2) is 42.5 Å². The molecule has 0 aliphatic carbocycles. The van der Waals surface area contributed by atoms with E-state index in [1.807, 2.05) is 28.2 Å².